The van der Waals surface area contributed by atoms with Crippen LogP contribution in [-0.4, -0.2) is 15.8 Å². The fraction of sp³-hybridized carbons (Fsp3) is 0.933. The first-order valence-electron chi connectivity index (χ1n) is 7.47. The van der Waals surface area contributed by atoms with Crippen molar-refractivity contribution < 1.29 is 10.2 Å². The first-order valence-corrected chi connectivity index (χ1v) is 7.47. The van der Waals surface area contributed by atoms with Crippen molar-refractivity contribution in [3.8, 4) is 0 Å². The normalized spacial score (nSPS) is 27.0. The summed E-state index contributed by atoms with van der Waals surface area (Å²) in [5, 5.41) is 20.7. The Balaban J connectivity index is 1.83. The molecule has 17 heavy (non-hydrogen) atoms. The summed E-state index contributed by atoms with van der Waals surface area (Å²) in [5.41, 5.74) is -0.589. The molecule has 2 heteroatoms. The van der Waals surface area contributed by atoms with Crippen molar-refractivity contribution in [1.29, 1.82) is 0 Å². The molecule has 0 aliphatic heterocycles. The molecule has 2 N–H and O–H groups in total. The molecule has 2 saturated carbocycles. The molecule has 1 radical (unpaired) electrons. The molecule has 0 spiro atoms. The largest absolute Gasteiger partial charge is 0.390 e. The SMILES string of the molecule is O[C](CC1(O)CCCCC1)C1CCCCCC1. The molecule has 2 aliphatic carbocycles. The van der Waals surface area contributed by atoms with Crippen LogP contribution in [0.15, 0.2) is 0 Å². The Bertz CT molecular complexity index is 213. The molecular formula is C15H27O2. The topological polar surface area (TPSA) is 40.5 Å². The number of rotatable bonds is 3. The average molecular weight is 239 g/mol. The second-order valence-electron chi connectivity index (χ2n) is 6.14. The van der Waals surface area contributed by atoms with Crippen molar-refractivity contribution >= 4 is 0 Å². The van der Waals surface area contributed by atoms with Crippen LogP contribution >= 0.6 is 0 Å². The van der Waals surface area contributed by atoms with Gasteiger partial charge in [-0.3, -0.25) is 0 Å². The van der Waals surface area contributed by atoms with Gasteiger partial charge < -0.3 is 10.2 Å². The molecule has 2 aliphatic rings. The third kappa shape index (κ3) is 3.96. The molecule has 0 amide bonds. The average Bonchev–Trinajstić information content (AvgIpc) is 2.57. The summed E-state index contributed by atoms with van der Waals surface area (Å²) >= 11 is 0. The minimum Gasteiger partial charge on any atom is -0.390 e. The van der Waals surface area contributed by atoms with E-state index in [1.165, 1.54) is 32.1 Å². The summed E-state index contributed by atoms with van der Waals surface area (Å²) in [5.74, 6) is 0.364. The number of aliphatic hydroxyl groups excluding tert-OH is 1. The van der Waals surface area contributed by atoms with Gasteiger partial charge in [0.15, 0.2) is 0 Å². The molecule has 0 unspecified atom stereocenters. The Morgan fingerprint density at radius 1 is 0.882 bits per heavy atom. The molecule has 0 aromatic rings. The Hall–Kier alpha value is -0.0800. The number of hydrogen-bond acceptors (Lipinski definition) is 2. The summed E-state index contributed by atoms with van der Waals surface area (Å²) < 4.78 is 0. The molecule has 0 saturated heterocycles. The zero-order chi connectivity index (χ0) is 12.1. The molecule has 0 heterocycles. The predicted molar refractivity (Wildman–Crippen MR) is 69.0 cm³/mol. The lowest BCUT2D eigenvalue weighted by Gasteiger charge is -2.35. The zero-order valence-electron chi connectivity index (χ0n) is 11.0. The van der Waals surface area contributed by atoms with Crippen LogP contribution in [0.1, 0.15) is 77.0 Å². The highest BCUT2D eigenvalue weighted by molar-refractivity contribution is 4.95. The molecule has 0 bridgehead atoms. The van der Waals surface area contributed by atoms with Crippen molar-refractivity contribution in [2.45, 2.75) is 82.7 Å². The van der Waals surface area contributed by atoms with E-state index in [0.29, 0.717) is 18.4 Å². The van der Waals surface area contributed by atoms with Crippen LogP contribution in [0.25, 0.3) is 0 Å². The highest BCUT2D eigenvalue weighted by atomic mass is 16.3. The fourth-order valence-corrected chi connectivity index (χ4v) is 3.48. The maximum Gasteiger partial charge on any atom is 0.0992 e. The number of aliphatic hydroxyl groups is 2. The van der Waals surface area contributed by atoms with E-state index in [4.69, 9.17) is 0 Å². The molecular weight excluding hydrogens is 212 g/mol. The van der Waals surface area contributed by atoms with E-state index in [-0.39, 0.29) is 0 Å². The minimum absolute atomic E-state index is 0.364. The van der Waals surface area contributed by atoms with Crippen LogP contribution in [0, 0.1) is 12.0 Å². The summed E-state index contributed by atoms with van der Waals surface area (Å²) in [6, 6.07) is 0. The maximum atomic E-state index is 10.5. The van der Waals surface area contributed by atoms with Gasteiger partial charge in [0.25, 0.3) is 0 Å². The molecule has 0 atom stereocenters. The van der Waals surface area contributed by atoms with Crippen molar-refractivity contribution in [1.82, 2.24) is 0 Å². The van der Waals surface area contributed by atoms with Gasteiger partial charge in [-0.05, 0) is 31.6 Å². The number of hydrogen-bond donors (Lipinski definition) is 2. The Kier molecular flexibility index (Phi) is 4.87. The van der Waals surface area contributed by atoms with E-state index in [2.05, 4.69) is 0 Å². The van der Waals surface area contributed by atoms with Crippen molar-refractivity contribution in [3.63, 3.8) is 0 Å². The third-order valence-electron chi connectivity index (χ3n) is 4.62. The lowest BCUT2D eigenvalue weighted by atomic mass is 9.78. The van der Waals surface area contributed by atoms with Crippen LogP contribution in [0.2, 0.25) is 0 Å². The van der Waals surface area contributed by atoms with Gasteiger partial charge in [0.2, 0.25) is 0 Å². The molecule has 2 nitrogen and oxygen atoms in total. The molecule has 0 aromatic heterocycles. The van der Waals surface area contributed by atoms with Crippen LogP contribution in [0.5, 0.6) is 0 Å². The first-order chi connectivity index (χ1) is 8.20. The smallest absolute Gasteiger partial charge is 0.0992 e. The standard InChI is InChI=1S/C15H27O2/c16-14(13-8-4-1-2-5-9-13)12-15(17)10-6-3-7-11-15/h13,16-17H,1-12H2. The lowest BCUT2D eigenvalue weighted by molar-refractivity contribution is -0.0221. The summed E-state index contributed by atoms with van der Waals surface area (Å²) in [6.45, 7) is 0. The Labute approximate surface area is 105 Å². The van der Waals surface area contributed by atoms with Crippen molar-refractivity contribution in [2.75, 3.05) is 0 Å². The zero-order valence-corrected chi connectivity index (χ0v) is 11.0. The molecule has 0 aromatic carbocycles. The van der Waals surface area contributed by atoms with E-state index in [1.54, 1.807) is 0 Å². The van der Waals surface area contributed by atoms with Crippen LogP contribution < -0.4 is 0 Å². The van der Waals surface area contributed by atoms with Gasteiger partial charge in [0, 0.05) is 6.42 Å². The van der Waals surface area contributed by atoms with E-state index >= 15 is 0 Å². The molecule has 2 fully saturated rings. The summed E-state index contributed by atoms with van der Waals surface area (Å²) in [7, 11) is 0. The van der Waals surface area contributed by atoms with E-state index < -0.39 is 5.60 Å². The summed E-state index contributed by atoms with van der Waals surface area (Å²) in [6.07, 6.45) is 13.7. The molecule has 2 rings (SSSR count). The van der Waals surface area contributed by atoms with Gasteiger partial charge in [0.1, 0.15) is 0 Å². The second-order valence-corrected chi connectivity index (χ2v) is 6.14. The van der Waals surface area contributed by atoms with Gasteiger partial charge in [-0.2, -0.15) is 0 Å². The first kappa shape index (κ1) is 13.4. The second kappa shape index (κ2) is 6.19. The van der Waals surface area contributed by atoms with Gasteiger partial charge in [-0.1, -0.05) is 44.9 Å². The van der Waals surface area contributed by atoms with E-state index in [9.17, 15) is 10.2 Å². The fourth-order valence-electron chi connectivity index (χ4n) is 3.48. The van der Waals surface area contributed by atoms with Crippen LogP contribution in [0.3, 0.4) is 0 Å². The Morgan fingerprint density at radius 3 is 2.00 bits per heavy atom. The van der Waals surface area contributed by atoms with Gasteiger partial charge in [-0.25, -0.2) is 0 Å². The monoisotopic (exact) mass is 239 g/mol. The van der Waals surface area contributed by atoms with E-state index in [0.717, 1.165) is 38.5 Å². The quantitative estimate of drug-likeness (QED) is 0.732. The highest BCUT2D eigenvalue weighted by Crippen LogP contribution is 2.38. The molecule has 99 valence electrons. The minimum atomic E-state index is -0.589. The Morgan fingerprint density at radius 2 is 1.41 bits per heavy atom. The van der Waals surface area contributed by atoms with Gasteiger partial charge >= 0.3 is 0 Å². The van der Waals surface area contributed by atoms with Crippen LogP contribution in [0.4, 0.5) is 0 Å². The third-order valence-corrected chi connectivity index (χ3v) is 4.62. The lowest BCUT2D eigenvalue weighted by Crippen LogP contribution is -2.34. The maximum absolute atomic E-state index is 10.5. The predicted octanol–water partition coefficient (Wildman–Crippen LogP) is 3.95. The van der Waals surface area contributed by atoms with Crippen LogP contribution in [-0.2, 0) is 0 Å². The van der Waals surface area contributed by atoms with Crippen molar-refractivity contribution in [3.05, 3.63) is 6.10 Å². The van der Waals surface area contributed by atoms with Gasteiger partial charge in [-0.15, -0.1) is 0 Å². The summed E-state index contributed by atoms with van der Waals surface area (Å²) in [4.78, 5) is 0. The van der Waals surface area contributed by atoms with Crippen molar-refractivity contribution in [2.24, 2.45) is 5.92 Å². The van der Waals surface area contributed by atoms with E-state index in [1.807, 2.05) is 0 Å². The highest BCUT2D eigenvalue weighted by Gasteiger charge is 2.34. The van der Waals surface area contributed by atoms with Gasteiger partial charge in [0.05, 0.1) is 11.7 Å².